The average molecular weight is 385 g/mol. The summed E-state index contributed by atoms with van der Waals surface area (Å²) in [6.45, 7) is 5.68. The van der Waals surface area contributed by atoms with Gasteiger partial charge in [-0.1, -0.05) is 24.3 Å². The molecule has 0 saturated heterocycles. The van der Waals surface area contributed by atoms with Crippen LogP contribution in [0.1, 0.15) is 22.3 Å². The summed E-state index contributed by atoms with van der Waals surface area (Å²) in [4.78, 5) is 0.135. The molecular weight excluding hydrogens is 360 g/mol. The molecule has 0 aliphatic rings. The molecule has 0 unspecified atom stereocenters. The first-order valence-corrected chi connectivity index (χ1v) is 10.3. The number of hydrogen-bond donors (Lipinski definition) is 3. The highest BCUT2D eigenvalue weighted by molar-refractivity contribution is 7.89. The molecule has 0 aliphatic heterocycles. The molecule has 4 N–H and O–H groups in total. The average Bonchev–Trinajstić information content (AvgIpc) is 3.09. The summed E-state index contributed by atoms with van der Waals surface area (Å²) in [5.74, 6) is 0. The van der Waals surface area contributed by atoms with Crippen molar-refractivity contribution in [1.82, 2.24) is 15.5 Å². The highest BCUT2D eigenvalue weighted by Crippen LogP contribution is 2.23. The third kappa shape index (κ3) is 4.82. The van der Waals surface area contributed by atoms with Crippen LogP contribution in [0.2, 0.25) is 0 Å². The summed E-state index contributed by atoms with van der Waals surface area (Å²) < 4.78 is 22.6. The molecule has 3 aromatic rings. The molecule has 0 aliphatic carbocycles. The zero-order valence-electron chi connectivity index (χ0n) is 15.5. The number of nitrogens with two attached hydrogens (primary N) is 1. The van der Waals surface area contributed by atoms with Crippen LogP contribution in [0.25, 0.3) is 11.3 Å². The number of hydrogen-bond acceptors (Lipinski definition) is 4. The number of nitrogens with one attached hydrogen (secondary N) is 2. The maximum absolute atomic E-state index is 11.3. The van der Waals surface area contributed by atoms with Gasteiger partial charge in [-0.2, -0.15) is 5.10 Å². The molecule has 0 spiro atoms. The van der Waals surface area contributed by atoms with Crippen LogP contribution in [0.5, 0.6) is 0 Å². The number of benzene rings is 2. The first-order chi connectivity index (χ1) is 12.8. The van der Waals surface area contributed by atoms with Gasteiger partial charge in [0.2, 0.25) is 10.0 Å². The minimum absolute atomic E-state index is 0.135. The molecule has 0 amide bonds. The summed E-state index contributed by atoms with van der Waals surface area (Å²) in [6, 6.07) is 13.1. The standard InChI is InChI=1S/C20H24N4O2S/c1-14-3-6-17(11-15(14)2)20-18(13-23-24-20)12-22-10-9-16-4-7-19(8-5-16)27(21,25)26/h3-8,11,13,22H,9-10,12H2,1-2H3,(H,23,24)(H2,21,25,26). The van der Waals surface area contributed by atoms with E-state index in [0.717, 1.165) is 35.3 Å². The van der Waals surface area contributed by atoms with Gasteiger partial charge in [-0.15, -0.1) is 0 Å². The van der Waals surface area contributed by atoms with E-state index in [-0.39, 0.29) is 4.90 Å². The Morgan fingerprint density at radius 1 is 1.07 bits per heavy atom. The maximum atomic E-state index is 11.3. The van der Waals surface area contributed by atoms with Crippen molar-refractivity contribution in [2.24, 2.45) is 5.14 Å². The second-order valence-electron chi connectivity index (χ2n) is 6.69. The third-order valence-electron chi connectivity index (χ3n) is 4.67. The Morgan fingerprint density at radius 3 is 2.48 bits per heavy atom. The number of nitrogens with zero attached hydrogens (tertiary/aromatic N) is 1. The molecule has 0 fully saturated rings. The van der Waals surface area contributed by atoms with E-state index in [2.05, 4.69) is 47.6 Å². The van der Waals surface area contributed by atoms with Gasteiger partial charge in [-0.25, -0.2) is 13.6 Å². The zero-order chi connectivity index (χ0) is 19.4. The predicted octanol–water partition coefficient (Wildman–Crippen LogP) is 2.67. The van der Waals surface area contributed by atoms with Crippen molar-refractivity contribution >= 4 is 10.0 Å². The molecule has 1 heterocycles. The lowest BCUT2D eigenvalue weighted by Gasteiger charge is -2.08. The summed E-state index contributed by atoms with van der Waals surface area (Å²) in [6.07, 6.45) is 2.64. The van der Waals surface area contributed by atoms with Gasteiger partial charge < -0.3 is 5.32 Å². The smallest absolute Gasteiger partial charge is 0.238 e. The fourth-order valence-electron chi connectivity index (χ4n) is 2.89. The van der Waals surface area contributed by atoms with Crippen molar-refractivity contribution in [2.75, 3.05) is 6.54 Å². The minimum atomic E-state index is -3.64. The Balaban J connectivity index is 1.57. The van der Waals surface area contributed by atoms with Crippen molar-refractivity contribution < 1.29 is 8.42 Å². The second-order valence-corrected chi connectivity index (χ2v) is 8.25. The summed E-state index contributed by atoms with van der Waals surface area (Å²) >= 11 is 0. The number of aromatic amines is 1. The molecule has 0 atom stereocenters. The van der Waals surface area contributed by atoms with E-state index in [4.69, 9.17) is 5.14 Å². The number of aromatic nitrogens is 2. The molecule has 3 rings (SSSR count). The molecular formula is C20H24N4O2S. The fourth-order valence-corrected chi connectivity index (χ4v) is 3.41. The van der Waals surface area contributed by atoms with Crippen molar-refractivity contribution in [3.05, 3.63) is 70.9 Å². The molecule has 0 saturated carbocycles. The van der Waals surface area contributed by atoms with Gasteiger partial charge in [-0.3, -0.25) is 5.10 Å². The lowest BCUT2D eigenvalue weighted by Crippen LogP contribution is -2.17. The molecule has 0 radical (unpaired) electrons. The van der Waals surface area contributed by atoms with Crippen LogP contribution in [0, 0.1) is 13.8 Å². The summed E-state index contributed by atoms with van der Waals surface area (Å²) in [5.41, 5.74) is 6.85. The Morgan fingerprint density at radius 2 is 1.81 bits per heavy atom. The highest BCUT2D eigenvalue weighted by atomic mass is 32.2. The first-order valence-electron chi connectivity index (χ1n) is 8.77. The molecule has 6 nitrogen and oxygen atoms in total. The topological polar surface area (TPSA) is 101 Å². The zero-order valence-corrected chi connectivity index (χ0v) is 16.3. The fraction of sp³-hybridized carbons (Fsp3) is 0.250. The lowest BCUT2D eigenvalue weighted by atomic mass is 10.0. The summed E-state index contributed by atoms with van der Waals surface area (Å²) in [7, 11) is -3.64. The van der Waals surface area contributed by atoms with Crippen LogP contribution in [0.4, 0.5) is 0 Å². The van der Waals surface area contributed by atoms with E-state index < -0.39 is 10.0 Å². The van der Waals surface area contributed by atoms with E-state index in [0.29, 0.717) is 6.54 Å². The molecule has 27 heavy (non-hydrogen) atoms. The highest BCUT2D eigenvalue weighted by Gasteiger charge is 2.09. The van der Waals surface area contributed by atoms with Crippen LogP contribution < -0.4 is 10.5 Å². The van der Waals surface area contributed by atoms with E-state index in [1.807, 2.05) is 6.20 Å². The number of sulfonamides is 1. The van der Waals surface area contributed by atoms with E-state index in [9.17, 15) is 8.42 Å². The number of primary sulfonamides is 1. The number of aryl methyl sites for hydroxylation is 2. The third-order valence-corrected chi connectivity index (χ3v) is 5.60. The van der Waals surface area contributed by atoms with Gasteiger partial charge in [0.15, 0.2) is 0 Å². The van der Waals surface area contributed by atoms with E-state index in [1.54, 1.807) is 24.3 Å². The van der Waals surface area contributed by atoms with E-state index in [1.165, 1.54) is 11.1 Å². The van der Waals surface area contributed by atoms with E-state index >= 15 is 0 Å². The monoisotopic (exact) mass is 384 g/mol. The van der Waals surface area contributed by atoms with Crippen molar-refractivity contribution in [2.45, 2.75) is 31.7 Å². The number of rotatable bonds is 7. The number of H-pyrrole nitrogens is 1. The first kappa shape index (κ1) is 19.3. The van der Waals surface area contributed by atoms with Crippen molar-refractivity contribution in [3.63, 3.8) is 0 Å². The van der Waals surface area contributed by atoms with Crippen LogP contribution >= 0.6 is 0 Å². The maximum Gasteiger partial charge on any atom is 0.238 e. The van der Waals surface area contributed by atoms with Gasteiger partial charge in [0.05, 0.1) is 16.8 Å². The van der Waals surface area contributed by atoms with Gasteiger partial charge in [0, 0.05) is 17.7 Å². The van der Waals surface area contributed by atoms with Gasteiger partial charge in [-0.05, 0) is 61.7 Å². The van der Waals surface area contributed by atoms with Crippen molar-refractivity contribution in [1.29, 1.82) is 0 Å². The molecule has 142 valence electrons. The Hall–Kier alpha value is -2.48. The largest absolute Gasteiger partial charge is 0.312 e. The van der Waals surface area contributed by atoms with Crippen LogP contribution in [-0.4, -0.2) is 25.2 Å². The molecule has 2 aromatic carbocycles. The van der Waals surface area contributed by atoms with Crippen LogP contribution in [-0.2, 0) is 23.0 Å². The Bertz CT molecular complexity index is 1020. The quantitative estimate of drug-likeness (QED) is 0.545. The second kappa shape index (κ2) is 8.04. The Kier molecular flexibility index (Phi) is 5.74. The predicted molar refractivity (Wildman–Crippen MR) is 107 cm³/mol. The van der Waals surface area contributed by atoms with Gasteiger partial charge in [0.25, 0.3) is 0 Å². The lowest BCUT2D eigenvalue weighted by molar-refractivity contribution is 0.597. The van der Waals surface area contributed by atoms with Gasteiger partial charge in [0.1, 0.15) is 0 Å². The minimum Gasteiger partial charge on any atom is -0.312 e. The normalized spacial score (nSPS) is 11.7. The van der Waals surface area contributed by atoms with Crippen LogP contribution in [0.15, 0.2) is 53.6 Å². The molecule has 0 bridgehead atoms. The molecule has 7 heteroatoms. The summed E-state index contributed by atoms with van der Waals surface area (Å²) in [5, 5.41) is 15.8. The van der Waals surface area contributed by atoms with Crippen molar-refractivity contribution in [3.8, 4) is 11.3 Å². The Labute approximate surface area is 159 Å². The van der Waals surface area contributed by atoms with Gasteiger partial charge >= 0.3 is 0 Å². The van der Waals surface area contributed by atoms with Crippen LogP contribution in [0.3, 0.4) is 0 Å². The SMILES string of the molecule is Cc1ccc(-c2[nH]ncc2CNCCc2ccc(S(N)(=O)=O)cc2)cc1C. The molecule has 1 aromatic heterocycles.